The van der Waals surface area contributed by atoms with Gasteiger partial charge in [0.15, 0.2) is 0 Å². The van der Waals surface area contributed by atoms with Crippen molar-refractivity contribution < 1.29 is 4.79 Å². The normalized spacial score (nSPS) is 12.5. The highest BCUT2D eigenvalue weighted by molar-refractivity contribution is 5.88. The van der Waals surface area contributed by atoms with Crippen molar-refractivity contribution >= 4 is 17.3 Å². The summed E-state index contributed by atoms with van der Waals surface area (Å²) in [6, 6.07) is 18.6. The van der Waals surface area contributed by atoms with Crippen LogP contribution in [-0.4, -0.2) is 5.91 Å². The Morgan fingerprint density at radius 3 is 2.04 bits per heavy atom. The second-order valence-electron chi connectivity index (χ2n) is 7.13. The molecular formula is C20H26N2O. The van der Waals surface area contributed by atoms with Gasteiger partial charge >= 0.3 is 0 Å². The van der Waals surface area contributed by atoms with Gasteiger partial charge in [0.05, 0.1) is 6.04 Å². The third-order valence-electron chi connectivity index (χ3n) is 3.56. The minimum atomic E-state index is -0.0550. The van der Waals surface area contributed by atoms with Crippen LogP contribution in [0.5, 0.6) is 0 Å². The van der Waals surface area contributed by atoms with Crippen molar-refractivity contribution in [3.8, 4) is 0 Å². The Bertz CT molecular complexity index is 627. The van der Waals surface area contributed by atoms with E-state index in [-0.39, 0.29) is 17.4 Å². The van der Waals surface area contributed by atoms with Crippen molar-refractivity contribution in [1.29, 1.82) is 0 Å². The van der Waals surface area contributed by atoms with Crippen LogP contribution >= 0.6 is 0 Å². The SMILES string of the molecule is CC(=O)Nc1ccc(NC(CC(C)(C)C)c2ccccc2)cc1. The first-order valence-electron chi connectivity index (χ1n) is 8.03. The molecule has 3 nitrogen and oxygen atoms in total. The van der Waals surface area contributed by atoms with E-state index in [9.17, 15) is 4.79 Å². The second kappa shape index (κ2) is 7.32. The molecule has 3 heteroatoms. The number of nitrogens with one attached hydrogen (secondary N) is 2. The number of carbonyl (C=O) groups excluding carboxylic acids is 1. The number of hydrogen-bond acceptors (Lipinski definition) is 2. The summed E-state index contributed by atoms with van der Waals surface area (Å²) in [6.07, 6.45) is 1.03. The van der Waals surface area contributed by atoms with E-state index in [1.807, 2.05) is 30.3 Å². The topological polar surface area (TPSA) is 41.1 Å². The largest absolute Gasteiger partial charge is 0.378 e. The van der Waals surface area contributed by atoms with Crippen LogP contribution in [-0.2, 0) is 4.79 Å². The third-order valence-corrected chi connectivity index (χ3v) is 3.56. The Labute approximate surface area is 139 Å². The molecule has 0 aromatic heterocycles. The fraction of sp³-hybridized carbons (Fsp3) is 0.350. The number of carbonyl (C=O) groups is 1. The smallest absolute Gasteiger partial charge is 0.221 e. The van der Waals surface area contributed by atoms with Gasteiger partial charge in [-0.2, -0.15) is 0 Å². The summed E-state index contributed by atoms with van der Waals surface area (Å²) in [5.74, 6) is -0.0550. The van der Waals surface area contributed by atoms with Crippen LogP contribution in [0.4, 0.5) is 11.4 Å². The average molecular weight is 310 g/mol. The van der Waals surface area contributed by atoms with Gasteiger partial charge in [-0.25, -0.2) is 0 Å². The third kappa shape index (κ3) is 5.78. The van der Waals surface area contributed by atoms with E-state index in [1.54, 1.807) is 0 Å². The van der Waals surface area contributed by atoms with Crippen LogP contribution in [0, 0.1) is 5.41 Å². The molecular weight excluding hydrogens is 284 g/mol. The van der Waals surface area contributed by atoms with Gasteiger partial charge in [-0.05, 0) is 41.7 Å². The van der Waals surface area contributed by atoms with Gasteiger partial charge in [-0.1, -0.05) is 51.1 Å². The molecule has 1 unspecified atom stereocenters. The first kappa shape index (κ1) is 17.1. The first-order valence-corrected chi connectivity index (χ1v) is 8.03. The average Bonchev–Trinajstić information content (AvgIpc) is 2.47. The summed E-state index contributed by atoms with van der Waals surface area (Å²) in [4.78, 5) is 11.1. The van der Waals surface area contributed by atoms with E-state index in [0.29, 0.717) is 0 Å². The van der Waals surface area contributed by atoms with E-state index in [2.05, 4.69) is 55.7 Å². The molecule has 1 amide bonds. The Kier molecular flexibility index (Phi) is 5.43. The highest BCUT2D eigenvalue weighted by Gasteiger charge is 2.20. The van der Waals surface area contributed by atoms with Crippen molar-refractivity contribution in [2.24, 2.45) is 5.41 Å². The maximum atomic E-state index is 11.1. The lowest BCUT2D eigenvalue weighted by molar-refractivity contribution is -0.114. The lowest BCUT2D eigenvalue weighted by Crippen LogP contribution is -2.18. The van der Waals surface area contributed by atoms with Crippen LogP contribution < -0.4 is 10.6 Å². The van der Waals surface area contributed by atoms with Gasteiger partial charge in [0.25, 0.3) is 0 Å². The molecule has 0 aliphatic rings. The quantitative estimate of drug-likeness (QED) is 0.793. The lowest BCUT2D eigenvalue weighted by Gasteiger charge is -2.28. The first-order chi connectivity index (χ1) is 10.8. The molecule has 2 aromatic carbocycles. The highest BCUT2D eigenvalue weighted by atomic mass is 16.1. The van der Waals surface area contributed by atoms with Gasteiger partial charge in [-0.3, -0.25) is 4.79 Å². The van der Waals surface area contributed by atoms with Crippen LogP contribution in [0.2, 0.25) is 0 Å². The highest BCUT2D eigenvalue weighted by Crippen LogP contribution is 2.32. The van der Waals surface area contributed by atoms with E-state index < -0.39 is 0 Å². The van der Waals surface area contributed by atoms with Gasteiger partial charge in [0.1, 0.15) is 0 Å². The zero-order valence-corrected chi connectivity index (χ0v) is 14.4. The van der Waals surface area contributed by atoms with E-state index in [4.69, 9.17) is 0 Å². The Hall–Kier alpha value is -2.29. The van der Waals surface area contributed by atoms with Crippen molar-refractivity contribution in [1.82, 2.24) is 0 Å². The minimum Gasteiger partial charge on any atom is -0.378 e. The molecule has 0 aliphatic heterocycles. The predicted molar refractivity (Wildman–Crippen MR) is 97.6 cm³/mol. The molecule has 2 N–H and O–H groups in total. The van der Waals surface area contributed by atoms with Gasteiger partial charge in [-0.15, -0.1) is 0 Å². The zero-order chi connectivity index (χ0) is 16.9. The van der Waals surface area contributed by atoms with Crippen molar-refractivity contribution in [2.45, 2.75) is 40.2 Å². The van der Waals surface area contributed by atoms with Crippen LogP contribution in [0.25, 0.3) is 0 Å². The molecule has 122 valence electrons. The van der Waals surface area contributed by atoms with Crippen molar-refractivity contribution in [2.75, 3.05) is 10.6 Å². The minimum absolute atomic E-state index is 0.0550. The summed E-state index contributed by atoms with van der Waals surface area (Å²) in [5, 5.41) is 6.41. The van der Waals surface area contributed by atoms with Gasteiger partial charge in [0.2, 0.25) is 5.91 Å². The molecule has 0 spiro atoms. The molecule has 2 rings (SSSR count). The van der Waals surface area contributed by atoms with Crippen LogP contribution in [0.3, 0.4) is 0 Å². The summed E-state index contributed by atoms with van der Waals surface area (Å²) < 4.78 is 0. The monoisotopic (exact) mass is 310 g/mol. The Balaban J connectivity index is 2.15. The van der Waals surface area contributed by atoms with Crippen molar-refractivity contribution in [3.63, 3.8) is 0 Å². The van der Waals surface area contributed by atoms with Crippen LogP contribution in [0.1, 0.15) is 45.7 Å². The number of rotatable bonds is 5. The van der Waals surface area contributed by atoms with E-state index in [0.717, 1.165) is 17.8 Å². The van der Waals surface area contributed by atoms with Crippen LogP contribution in [0.15, 0.2) is 54.6 Å². The van der Waals surface area contributed by atoms with Gasteiger partial charge in [0, 0.05) is 18.3 Å². The molecule has 2 aromatic rings. The Morgan fingerprint density at radius 1 is 0.957 bits per heavy atom. The van der Waals surface area contributed by atoms with Gasteiger partial charge < -0.3 is 10.6 Å². The molecule has 0 radical (unpaired) electrons. The second-order valence-corrected chi connectivity index (χ2v) is 7.13. The number of benzene rings is 2. The summed E-state index contributed by atoms with van der Waals surface area (Å²) in [5.41, 5.74) is 3.38. The summed E-state index contributed by atoms with van der Waals surface area (Å²) >= 11 is 0. The zero-order valence-electron chi connectivity index (χ0n) is 14.4. The molecule has 0 saturated carbocycles. The Morgan fingerprint density at radius 2 is 1.52 bits per heavy atom. The van der Waals surface area contributed by atoms with Crippen molar-refractivity contribution in [3.05, 3.63) is 60.2 Å². The summed E-state index contributed by atoms with van der Waals surface area (Å²) in [6.45, 7) is 8.28. The van der Waals surface area contributed by atoms with E-state index >= 15 is 0 Å². The molecule has 1 atom stereocenters. The maximum absolute atomic E-state index is 11.1. The molecule has 0 fully saturated rings. The molecule has 0 saturated heterocycles. The molecule has 23 heavy (non-hydrogen) atoms. The standard InChI is InChI=1S/C20H26N2O/c1-15(23)21-17-10-12-18(13-11-17)22-19(14-20(2,3)4)16-8-6-5-7-9-16/h5-13,19,22H,14H2,1-4H3,(H,21,23). The van der Waals surface area contributed by atoms with E-state index in [1.165, 1.54) is 12.5 Å². The number of amides is 1. The predicted octanol–water partition coefficient (Wildman–Crippen LogP) is 5.23. The molecule has 0 aliphatic carbocycles. The summed E-state index contributed by atoms with van der Waals surface area (Å²) in [7, 11) is 0. The molecule has 0 heterocycles. The number of hydrogen-bond donors (Lipinski definition) is 2. The maximum Gasteiger partial charge on any atom is 0.221 e. The fourth-order valence-electron chi connectivity index (χ4n) is 2.60. The fourth-order valence-corrected chi connectivity index (χ4v) is 2.60. The lowest BCUT2D eigenvalue weighted by atomic mass is 9.85. The molecule has 0 bridgehead atoms. The number of anilines is 2.